The maximum atomic E-state index is 12.6. The second-order valence-corrected chi connectivity index (χ2v) is 6.42. The Morgan fingerprint density at radius 3 is 2.82 bits per heavy atom. The summed E-state index contributed by atoms with van der Waals surface area (Å²) in [4.78, 5) is 23.3. The van der Waals surface area contributed by atoms with Crippen molar-refractivity contribution in [2.75, 3.05) is 43.0 Å². The van der Waals surface area contributed by atoms with Crippen LogP contribution in [-0.4, -0.2) is 63.3 Å². The molecule has 1 saturated heterocycles. The number of fused-ring (bicyclic) bond motifs is 1. The number of imidazole rings is 1. The van der Waals surface area contributed by atoms with Crippen LogP contribution in [0, 0.1) is 6.92 Å². The summed E-state index contributed by atoms with van der Waals surface area (Å²) < 4.78 is 7.28. The number of anilines is 2. The van der Waals surface area contributed by atoms with Crippen molar-refractivity contribution in [2.24, 2.45) is 0 Å². The van der Waals surface area contributed by atoms with Crippen LogP contribution in [0.2, 0.25) is 0 Å². The average Bonchev–Trinajstić information content (AvgIpc) is 3.04. The summed E-state index contributed by atoms with van der Waals surface area (Å²) in [6, 6.07) is 3.61. The SMILES string of the molecule is CCOc1c(C)nc2ncc(C(=O)Nc3ccc(N4CCNCC4)nn3)cn12. The van der Waals surface area contributed by atoms with E-state index >= 15 is 0 Å². The Morgan fingerprint density at radius 1 is 1.29 bits per heavy atom. The van der Waals surface area contributed by atoms with Gasteiger partial charge < -0.3 is 20.3 Å². The molecule has 4 heterocycles. The Hall–Kier alpha value is -3.27. The maximum Gasteiger partial charge on any atom is 0.259 e. The molecule has 1 amide bonds. The van der Waals surface area contributed by atoms with Gasteiger partial charge in [-0.15, -0.1) is 10.2 Å². The second-order valence-electron chi connectivity index (χ2n) is 6.42. The quantitative estimate of drug-likeness (QED) is 0.670. The Kier molecular flexibility index (Phi) is 5.02. The maximum absolute atomic E-state index is 12.6. The van der Waals surface area contributed by atoms with Crippen LogP contribution in [-0.2, 0) is 0 Å². The summed E-state index contributed by atoms with van der Waals surface area (Å²) in [6.07, 6.45) is 3.14. The van der Waals surface area contributed by atoms with E-state index in [1.165, 1.54) is 6.20 Å². The van der Waals surface area contributed by atoms with E-state index in [2.05, 4.69) is 35.7 Å². The lowest BCUT2D eigenvalue weighted by molar-refractivity contribution is 0.102. The molecular weight excluding hydrogens is 360 g/mol. The third-order valence-electron chi connectivity index (χ3n) is 4.48. The van der Waals surface area contributed by atoms with Crippen LogP contribution in [0.3, 0.4) is 0 Å². The third kappa shape index (κ3) is 3.58. The summed E-state index contributed by atoms with van der Waals surface area (Å²) in [6.45, 7) is 7.86. The highest BCUT2D eigenvalue weighted by Crippen LogP contribution is 2.20. The molecule has 0 radical (unpaired) electrons. The summed E-state index contributed by atoms with van der Waals surface area (Å²) in [5.74, 6) is 1.93. The van der Waals surface area contributed by atoms with Crippen LogP contribution in [0.25, 0.3) is 5.78 Å². The number of rotatable bonds is 5. The van der Waals surface area contributed by atoms with Gasteiger partial charge in [-0.3, -0.25) is 9.20 Å². The Bertz CT molecular complexity index is 979. The number of carbonyl (C=O) groups is 1. The van der Waals surface area contributed by atoms with Gasteiger partial charge in [0.1, 0.15) is 5.69 Å². The number of hydrogen-bond donors (Lipinski definition) is 2. The first kappa shape index (κ1) is 18.1. The monoisotopic (exact) mass is 382 g/mol. The Morgan fingerprint density at radius 2 is 2.11 bits per heavy atom. The van der Waals surface area contributed by atoms with E-state index in [0.717, 1.165) is 37.7 Å². The van der Waals surface area contributed by atoms with Crippen LogP contribution >= 0.6 is 0 Å². The minimum absolute atomic E-state index is 0.326. The first-order valence-electron chi connectivity index (χ1n) is 9.24. The van der Waals surface area contributed by atoms with Crippen molar-refractivity contribution in [3.8, 4) is 5.88 Å². The van der Waals surface area contributed by atoms with Crippen molar-refractivity contribution in [3.05, 3.63) is 35.8 Å². The summed E-state index contributed by atoms with van der Waals surface area (Å²) in [5, 5.41) is 14.4. The fraction of sp³-hybridized carbons (Fsp3) is 0.389. The number of nitrogens with one attached hydrogen (secondary N) is 2. The highest BCUT2D eigenvalue weighted by atomic mass is 16.5. The van der Waals surface area contributed by atoms with Crippen LogP contribution in [0.5, 0.6) is 5.88 Å². The normalized spacial score (nSPS) is 14.3. The van der Waals surface area contributed by atoms with E-state index in [-0.39, 0.29) is 5.91 Å². The smallest absolute Gasteiger partial charge is 0.259 e. The van der Waals surface area contributed by atoms with E-state index in [1.807, 2.05) is 19.9 Å². The van der Waals surface area contributed by atoms with E-state index in [1.54, 1.807) is 16.7 Å². The highest BCUT2D eigenvalue weighted by Gasteiger charge is 2.16. The van der Waals surface area contributed by atoms with Gasteiger partial charge in [0.25, 0.3) is 5.91 Å². The molecule has 2 N–H and O–H groups in total. The average molecular weight is 382 g/mol. The molecular formula is C18H22N8O2. The summed E-state index contributed by atoms with van der Waals surface area (Å²) in [7, 11) is 0. The van der Waals surface area contributed by atoms with Gasteiger partial charge >= 0.3 is 0 Å². The fourth-order valence-corrected chi connectivity index (χ4v) is 3.09. The van der Waals surface area contributed by atoms with Gasteiger partial charge in [-0.25, -0.2) is 9.97 Å². The number of aromatic nitrogens is 5. The molecule has 146 valence electrons. The molecule has 0 unspecified atom stereocenters. The molecule has 3 aromatic rings. The molecule has 0 atom stereocenters. The van der Waals surface area contributed by atoms with E-state index in [0.29, 0.717) is 29.6 Å². The predicted molar refractivity (Wildman–Crippen MR) is 104 cm³/mol. The van der Waals surface area contributed by atoms with Crippen LogP contribution < -0.4 is 20.3 Å². The van der Waals surface area contributed by atoms with Gasteiger partial charge in [0, 0.05) is 38.6 Å². The molecule has 10 heteroatoms. The zero-order chi connectivity index (χ0) is 19.5. The number of hydrogen-bond acceptors (Lipinski definition) is 8. The third-order valence-corrected chi connectivity index (χ3v) is 4.48. The minimum Gasteiger partial charge on any atom is -0.478 e. The molecule has 1 aliphatic rings. The number of nitrogens with zero attached hydrogens (tertiary/aromatic N) is 6. The van der Waals surface area contributed by atoms with Gasteiger partial charge in [-0.1, -0.05) is 0 Å². The zero-order valence-corrected chi connectivity index (χ0v) is 15.8. The van der Waals surface area contributed by atoms with Gasteiger partial charge in [0.05, 0.1) is 12.2 Å². The van der Waals surface area contributed by atoms with Crippen LogP contribution in [0.4, 0.5) is 11.6 Å². The Balaban J connectivity index is 1.50. The lowest BCUT2D eigenvalue weighted by Gasteiger charge is -2.27. The standard InChI is InChI=1S/C18H22N8O2/c1-3-28-17-12(2)21-18-20-10-13(11-26(17)18)16(27)22-14-4-5-15(24-23-14)25-8-6-19-7-9-25/h4-5,10-11,19H,3,6-9H2,1-2H3,(H,22,23,27). The molecule has 0 aromatic carbocycles. The van der Waals surface area contributed by atoms with Gasteiger partial charge in [-0.2, -0.15) is 0 Å². The molecule has 1 fully saturated rings. The molecule has 0 spiro atoms. The number of piperazine rings is 1. The van der Waals surface area contributed by atoms with Gasteiger partial charge in [0.2, 0.25) is 11.7 Å². The largest absolute Gasteiger partial charge is 0.478 e. The van der Waals surface area contributed by atoms with Gasteiger partial charge in [0.15, 0.2) is 11.6 Å². The van der Waals surface area contributed by atoms with Crippen molar-refractivity contribution >= 4 is 23.3 Å². The van der Waals surface area contributed by atoms with Crippen molar-refractivity contribution in [1.29, 1.82) is 0 Å². The van der Waals surface area contributed by atoms with Crippen molar-refractivity contribution in [3.63, 3.8) is 0 Å². The molecule has 3 aromatic heterocycles. The van der Waals surface area contributed by atoms with Crippen LogP contribution in [0.15, 0.2) is 24.5 Å². The summed E-state index contributed by atoms with van der Waals surface area (Å²) >= 11 is 0. The molecule has 4 rings (SSSR count). The van der Waals surface area contributed by atoms with E-state index in [9.17, 15) is 4.79 Å². The first-order chi connectivity index (χ1) is 13.7. The zero-order valence-electron chi connectivity index (χ0n) is 15.8. The lowest BCUT2D eigenvalue weighted by atomic mass is 10.3. The fourth-order valence-electron chi connectivity index (χ4n) is 3.09. The molecule has 0 aliphatic carbocycles. The van der Waals surface area contributed by atoms with Gasteiger partial charge in [-0.05, 0) is 26.0 Å². The lowest BCUT2D eigenvalue weighted by Crippen LogP contribution is -2.43. The van der Waals surface area contributed by atoms with Crippen molar-refractivity contribution < 1.29 is 9.53 Å². The van der Waals surface area contributed by atoms with Crippen molar-refractivity contribution in [1.82, 2.24) is 29.9 Å². The van der Waals surface area contributed by atoms with E-state index < -0.39 is 0 Å². The molecule has 1 aliphatic heterocycles. The van der Waals surface area contributed by atoms with Crippen molar-refractivity contribution in [2.45, 2.75) is 13.8 Å². The van der Waals surface area contributed by atoms with E-state index in [4.69, 9.17) is 4.74 Å². The number of aryl methyl sites for hydroxylation is 1. The number of amides is 1. The highest BCUT2D eigenvalue weighted by molar-refractivity contribution is 6.03. The first-order valence-corrected chi connectivity index (χ1v) is 9.24. The number of ether oxygens (including phenoxy) is 1. The predicted octanol–water partition coefficient (Wildman–Crippen LogP) is 0.888. The molecule has 0 saturated carbocycles. The number of carbonyl (C=O) groups excluding carboxylic acids is 1. The topological polar surface area (TPSA) is 110 Å². The second kappa shape index (κ2) is 7.77. The van der Waals surface area contributed by atoms with Crippen LogP contribution in [0.1, 0.15) is 23.0 Å². The summed E-state index contributed by atoms with van der Waals surface area (Å²) in [5.41, 5.74) is 1.10. The minimum atomic E-state index is -0.326. The molecule has 28 heavy (non-hydrogen) atoms. The molecule has 0 bridgehead atoms. The Labute approximate surface area is 162 Å². The molecule has 10 nitrogen and oxygen atoms in total.